The van der Waals surface area contributed by atoms with Gasteiger partial charge in [-0.15, -0.1) is 0 Å². The number of aromatic nitrogens is 1. The summed E-state index contributed by atoms with van der Waals surface area (Å²) in [7, 11) is 0. The minimum Gasteiger partial charge on any atom is -0.509 e. The molecule has 0 radical (unpaired) electrons. The predicted molar refractivity (Wildman–Crippen MR) is 65.8 cm³/mol. The Bertz CT molecular complexity index is 660. The summed E-state index contributed by atoms with van der Waals surface area (Å²) in [5, 5.41) is 11.9. The number of aliphatic hydroxyl groups is 1. The average Bonchev–Trinajstić information content (AvgIpc) is 2.75. The smallest absolute Gasteiger partial charge is 0.273 e. The minimum absolute atomic E-state index is 0.181. The van der Waals surface area contributed by atoms with E-state index < -0.39 is 0 Å². The Morgan fingerprint density at radius 2 is 2.12 bits per heavy atom. The predicted octanol–water partition coefficient (Wildman–Crippen LogP) is 1.25. The molecule has 3 rings (SSSR count). The number of hydrogen-bond donors (Lipinski definition) is 3. The largest absolute Gasteiger partial charge is 0.509 e. The third-order valence-electron chi connectivity index (χ3n) is 2.73. The van der Waals surface area contributed by atoms with Gasteiger partial charge in [0.2, 0.25) is 0 Å². The Labute approximate surface area is 97.0 Å². The van der Waals surface area contributed by atoms with Crippen LogP contribution >= 0.6 is 0 Å². The van der Waals surface area contributed by atoms with Gasteiger partial charge in [-0.25, -0.2) is 0 Å². The first-order valence-corrected chi connectivity index (χ1v) is 5.28. The highest BCUT2D eigenvalue weighted by atomic mass is 16.3. The van der Waals surface area contributed by atoms with Crippen molar-refractivity contribution in [1.29, 1.82) is 0 Å². The highest BCUT2D eigenvalue weighted by Gasteiger charge is 2.16. The van der Waals surface area contributed by atoms with Crippen molar-refractivity contribution in [3.8, 4) is 0 Å². The van der Waals surface area contributed by atoms with Crippen molar-refractivity contribution in [1.82, 2.24) is 10.4 Å². The molecule has 2 aromatic rings. The molecule has 0 atom stereocenters. The molecule has 1 aliphatic rings. The van der Waals surface area contributed by atoms with Gasteiger partial charge < -0.3 is 15.5 Å². The maximum absolute atomic E-state index is 11.9. The van der Waals surface area contributed by atoms with Gasteiger partial charge in [-0.05, 0) is 12.1 Å². The summed E-state index contributed by atoms with van der Waals surface area (Å²) < 4.78 is 0. The molecular weight excluding hydrogens is 218 g/mol. The number of benzene rings is 1. The summed E-state index contributed by atoms with van der Waals surface area (Å²) in [4.78, 5) is 14.7. The average molecular weight is 229 g/mol. The fraction of sp³-hybridized carbons (Fsp3) is 0.0833. The zero-order valence-corrected chi connectivity index (χ0v) is 8.97. The Balaban J connectivity index is 2.11. The van der Waals surface area contributed by atoms with E-state index in [2.05, 4.69) is 10.4 Å². The van der Waals surface area contributed by atoms with E-state index in [0.29, 0.717) is 12.2 Å². The number of hydrogen-bond acceptors (Lipinski definition) is 4. The second kappa shape index (κ2) is 3.55. The van der Waals surface area contributed by atoms with Crippen molar-refractivity contribution < 1.29 is 5.11 Å². The second-order valence-corrected chi connectivity index (χ2v) is 3.92. The normalized spacial score (nSPS) is 14.8. The third kappa shape index (κ3) is 1.61. The van der Waals surface area contributed by atoms with Crippen LogP contribution in [0.25, 0.3) is 10.9 Å². The number of nitrogens with zero attached hydrogens (tertiary/aromatic N) is 1. The van der Waals surface area contributed by atoms with Crippen LogP contribution in [-0.2, 0) is 0 Å². The summed E-state index contributed by atoms with van der Waals surface area (Å²) in [6.45, 7) is 0.293. The van der Waals surface area contributed by atoms with Crippen LogP contribution in [0.5, 0.6) is 0 Å². The third-order valence-corrected chi connectivity index (χ3v) is 2.73. The van der Waals surface area contributed by atoms with Gasteiger partial charge in [0.15, 0.2) is 0 Å². The fourth-order valence-electron chi connectivity index (χ4n) is 1.90. The van der Waals surface area contributed by atoms with Crippen LogP contribution in [0.3, 0.4) is 0 Å². The van der Waals surface area contributed by atoms with E-state index in [0.717, 1.165) is 10.9 Å². The summed E-state index contributed by atoms with van der Waals surface area (Å²) in [5.41, 5.74) is 3.94. The zero-order chi connectivity index (χ0) is 11.8. The molecule has 3 N–H and O–H groups in total. The van der Waals surface area contributed by atoms with Crippen LogP contribution in [-0.4, -0.2) is 16.6 Å². The lowest BCUT2D eigenvalue weighted by atomic mass is 10.2. The molecule has 0 aliphatic carbocycles. The number of aliphatic hydroxyl groups excluding tert-OH is 1. The second-order valence-electron chi connectivity index (χ2n) is 3.92. The maximum atomic E-state index is 11.9. The van der Waals surface area contributed by atoms with Gasteiger partial charge in [0, 0.05) is 10.9 Å². The van der Waals surface area contributed by atoms with Gasteiger partial charge in [0.05, 0.1) is 12.7 Å². The SMILES string of the molecule is O=c1[nH]c2ccccc2cc1N1CC(O)=CN1. The number of nitrogens with one attached hydrogen (secondary N) is 2. The topological polar surface area (TPSA) is 68.4 Å². The summed E-state index contributed by atoms with van der Waals surface area (Å²) >= 11 is 0. The van der Waals surface area contributed by atoms with E-state index in [9.17, 15) is 9.90 Å². The molecule has 0 saturated heterocycles. The van der Waals surface area contributed by atoms with E-state index >= 15 is 0 Å². The molecule has 0 bridgehead atoms. The molecule has 86 valence electrons. The molecule has 0 spiro atoms. The van der Waals surface area contributed by atoms with Gasteiger partial charge in [-0.3, -0.25) is 9.80 Å². The fourth-order valence-corrected chi connectivity index (χ4v) is 1.90. The van der Waals surface area contributed by atoms with Crippen LogP contribution in [0.4, 0.5) is 5.69 Å². The van der Waals surface area contributed by atoms with Crippen LogP contribution < -0.4 is 16.0 Å². The van der Waals surface area contributed by atoms with Crippen molar-refractivity contribution in [2.24, 2.45) is 0 Å². The lowest BCUT2D eigenvalue weighted by molar-refractivity contribution is 0.409. The highest BCUT2D eigenvalue weighted by Crippen LogP contribution is 2.17. The Morgan fingerprint density at radius 1 is 1.29 bits per heavy atom. The summed E-state index contributed by atoms with van der Waals surface area (Å²) in [6.07, 6.45) is 1.47. The van der Waals surface area contributed by atoms with E-state index in [4.69, 9.17) is 0 Å². The minimum atomic E-state index is -0.181. The van der Waals surface area contributed by atoms with E-state index in [1.807, 2.05) is 24.3 Å². The number of H-pyrrole nitrogens is 1. The van der Waals surface area contributed by atoms with Crippen molar-refractivity contribution in [3.63, 3.8) is 0 Å². The molecule has 1 aliphatic heterocycles. The van der Waals surface area contributed by atoms with Crippen LogP contribution in [0.15, 0.2) is 47.1 Å². The molecule has 17 heavy (non-hydrogen) atoms. The number of para-hydroxylation sites is 1. The van der Waals surface area contributed by atoms with Gasteiger partial charge >= 0.3 is 0 Å². The first-order valence-electron chi connectivity index (χ1n) is 5.28. The Kier molecular flexibility index (Phi) is 2.04. The monoisotopic (exact) mass is 229 g/mol. The highest BCUT2D eigenvalue weighted by molar-refractivity contribution is 5.81. The van der Waals surface area contributed by atoms with Crippen molar-refractivity contribution in [3.05, 3.63) is 52.6 Å². The summed E-state index contributed by atoms with van der Waals surface area (Å²) in [6, 6.07) is 9.37. The lowest BCUT2D eigenvalue weighted by Crippen LogP contribution is -2.34. The molecule has 0 saturated carbocycles. The van der Waals surface area contributed by atoms with E-state index in [1.165, 1.54) is 6.20 Å². The van der Waals surface area contributed by atoms with E-state index in [1.54, 1.807) is 11.1 Å². The molecule has 1 aromatic heterocycles. The van der Waals surface area contributed by atoms with Crippen molar-refractivity contribution in [2.75, 3.05) is 11.6 Å². The first kappa shape index (κ1) is 9.77. The van der Waals surface area contributed by atoms with Crippen LogP contribution in [0.2, 0.25) is 0 Å². The lowest BCUT2D eigenvalue weighted by Gasteiger charge is -2.17. The zero-order valence-electron chi connectivity index (χ0n) is 8.97. The number of hydrazine groups is 1. The van der Waals surface area contributed by atoms with Crippen molar-refractivity contribution >= 4 is 16.6 Å². The number of pyridine rings is 1. The number of rotatable bonds is 1. The van der Waals surface area contributed by atoms with Gasteiger partial charge in [0.1, 0.15) is 11.4 Å². The molecule has 5 nitrogen and oxygen atoms in total. The molecule has 0 unspecified atom stereocenters. The molecule has 0 fully saturated rings. The molecule has 2 heterocycles. The molecular formula is C12H11N3O2. The Hall–Kier alpha value is -2.43. The Morgan fingerprint density at radius 3 is 2.88 bits per heavy atom. The molecule has 1 aromatic carbocycles. The quantitative estimate of drug-likeness (QED) is 0.688. The van der Waals surface area contributed by atoms with E-state index in [-0.39, 0.29) is 11.3 Å². The first-order chi connectivity index (χ1) is 8.24. The number of aromatic amines is 1. The van der Waals surface area contributed by atoms with Crippen molar-refractivity contribution in [2.45, 2.75) is 0 Å². The van der Waals surface area contributed by atoms with Crippen LogP contribution in [0.1, 0.15) is 0 Å². The summed E-state index contributed by atoms with van der Waals surface area (Å²) in [5.74, 6) is 0.206. The van der Waals surface area contributed by atoms with Gasteiger partial charge in [-0.1, -0.05) is 18.2 Å². The standard InChI is InChI=1S/C12H11N3O2/c16-9-6-13-15(7-9)11-5-8-3-1-2-4-10(8)14-12(11)17/h1-6,13,16H,7H2,(H,14,17). The maximum Gasteiger partial charge on any atom is 0.273 e. The van der Waals surface area contributed by atoms with Gasteiger partial charge in [0.25, 0.3) is 5.56 Å². The molecule has 0 amide bonds. The molecule has 5 heteroatoms. The number of anilines is 1. The van der Waals surface area contributed by atoms with Gasteiger partial charge in [-0.2, -0.15) is 0 Å². The number of fused-ring (bicyclic) bond motifs is 1. The van der Waals surface area contributed by atoms with Crippen LogP contribution in [0, 0.1) is 0 Å².